The molecule has 78 valence electrons. The summed E-state index contributed by atoms with van der Waals surface area (Å²) < 4.78 is 2.40. The predicted molar refractivity (Wildman–Crippen MR) is 67.5 cm³/mol. The molecule has 0 saturated carbocycles. The van der Waals surface area contributed by atoms with E-state index in [1.807, 2.05) is 11.3 Å². The Morgan fingerprint density at radius 2 is 2.40 bits per heavy atom. The Kier molecular flexibility index (Phi) is 2.50. The van der Waals surface area contributed by atoms with Crippen molar-refractivity contribution in [3.05, 3.63) is 27.7 Å². The zero-order chi connectivity index (χ0) is 10.3. The van der Waals surface area contributed by atoms with Crippen LogP contribution < -0.4 is 5.32 Å². The van der Waals surface area contributed by atoms with E-state index in [0.717, 1.165) is 23.1 Å². The molecule has 0 spiro atoms. The zero-order valence-corrected chi connectivity index (χ0v) is 10.6. The average Bonchev–Trinajstić information content (AvgIpc) is 2.84. The van der Waals surface area contributed by atoms with E-state index < -0.39 is 0 Å². The maximum absolute atomic E-state index is 4.70. The van der Waals surface area contributed by atoms with Crippen LogP contribution >= 0.6 is 27.3 Å². The van der Waals surface area contributed by atoms with Gasteiger partial charge in [-0.25, -0.2) is 4.98 Å². The lowest BCUT2D eigenvalue weighted by Gasteiger charge is -2.00. The van der Waals surface area contributed by atoms with E-state index in [-0.39, 0.29) is 0 Å². The van der Waals surface area contributed by atoms with Gasteiger partial charge in [0.1, 0.15) is 0 Å². The number of nitrogens with zero attached hydrogens (tertiary/aromatic N) is 1. The summed E-state index contributed by atoms with van der Waals surface area (Å²) >= 11 is 5.31. The van der Waals surface area contributed by atoms with E-state index >= 15 is 0 Å². The standard InChI is InChI=1S/C11H11BrN2S/c12-8-1-2-10-9(5-8)14-11(15-10)7-3-4-13-6-7/h1-2,5,7,13H,3-4,6H2. The van der Waals surface area contributed by atoms with Crippen molar-refractivity contribution in [2.45, 2.75) is 12.3 Å². The van der Waals surface area contributed by atoms with Crippen LogP contribution in [-0.4, -0.2) is 18.1 Å². The van der Waals surface area contributed by atoms with E-state index in [4.69, 9.17) is 4.98 Å². The Morgan fingerprint density at radius 3 is 3.20 bits per heavy atom. The van der Waals surface area contributed by atoms with Gasteiger partial charge in [0, 0.05) is 16.9 Å². The van der Waals surface area contributed by atoms with Crippen LogP contribution in [0.3, 0.4) is 0 Å². The molecule has 1 unspecified atom stereocenters. The molecule has 1 saturated heterocycles. The van der Waals surface area contributed by atoms with Gasteiger partial charge in [-0.1, -0.05) is 15.9 Å². The number of benzene rings is 1. The van der Waals surface area contributed by atoms with Gasteiger partial charge in [-0.2, -0.15) is 0 Å². The SMILES string of the molecule is Brc1ccc2sc(C3CCNC3)nc2c1. The summed E-state index contributed by atoms with van der Waals surface area (Å²) in [6, 6.07) is 6.32. The van der Waals surface area contributed by atoms with Crippen LogP contribution in [0.15, 0.2) is 22.7 Å². The summed E-state index contributed by atoms with van der Waals surface area (Å²) in [5, 5.41) is 4.67. The molecule has 3 rings (SSSR count). The number of nitrogens with one attached hydrogen (secondary N) is 1. The molecular formula is C11H11BrN2S. The molecule has 2 aromatic rings. The van der Waals surface area contributed by atoms with Crippen LogP contribution in [0, 0.1) is 0 Å². The molecule has 2 nitrogen and oxygen atoms in total. The molecule has 4 heteroatoms. The summed E-state index contributed by atoms with van der Waals surface area (Å²) in [7, 11) is 0. The van der Waals surface area contributed by atoms with Gasteiger partial charge in [0.05, 0.1) is 15.2 Å². The molecule has 0 radical (unpaired) electrons. The number of rotatable bonds is 1. The monoisotopic (exact) mass is 282 g/mol. The van der Waals surface area contributed by atoms with Crippen molar-refractivity contribution in [2.24, 2.45) is 0 Å². The van der Waals surface area contributed by atoms with Crippen LogP contribution in [0.4, 0.5) is 0 Å². The molecule has 1 fully saturated rings. The first-order chi connectivity index (χ1) is 7.33. The Balaban J connectivity index is 2.05. The lowest BCUT2D eigenvalue weighted by atomic mass is 10.1. The van der Waals surface area contributed by atoms with Gasteiger partial charge in [0.25, 0.3) is 0 Å². The highest BCUT2D eigenvalue weighted by atomic mass is 79.9. The molecule has 2 heterocycles. The van der Waals surface area contributed by atoms with Crippen LogP contribution in [0.2, 0.25) is 0 Å². The van der Waals surface area contributed by atoms with Crippen LogP contribution in [0.1, 0.15) is 17.3 Å². The summed E-state index contributed by atoms with van der Waals surface area (Å²) in [5.41, 5.74) is 1.12. The number of halogens is 1. The van der Waals surface area contributed by atoms with E-state index in [9.17, 15) is 0 Å². The highest BCUT2D eigenvalue weighted by molar-refractivity contribution is 9.10. The summed E-state index contributed by atoms with van der Waals surface area (Å²) in [4.78, 5) is 4.70. The number of fused-ring (bicyclic) bond motifs is 1. The van der Waals surface area contributed by atoms with Crippen molar-refractivity contribution in [1.82, 2.24) is 10.3 Å². The van der Waals surface area contributed by atoms with E-state index in [0.29, 0.717) is 5.92 Å². The van der Waals surface area contributed by atoms with Crippen molar-refractivity contribution < 1.29 is 0 Å². The molecular weight excluding hydrogens is 272 g/mol. The Labute approximate surface area is 101 Å². The van der Waals surface area contributed by atoms with Crippen molar-refractivity contribution in [3.63, 3.8) is 0 Å². The minimum Gasteiger partial charge on any atom is -0.316 e. The third-order valence-electron chi connectivity index (χ3n) is 2.78. The number of thiazole rings is 1. The second-order valence-electron chi connectivity index (χ2n) is 3.85. The molecule has 1 atom stereocenters. The second kappa shape index (κ2) is 3.85. The lowest BCUT2D eigenvalue weighted by Crippen LogP contribution is -2.07. The third kappa shape index (κ3) is 1.82. The molecule has 15 heavy (non-hydrogen) atoms. The Hall–Kier alpha value is -0.450. The molecule has 1 aliphatic rings. The number of hydrogen-bond acceptors (Lipinski definition) is 3. The maximum atomic E-state index is 4.70. The van der Waals surface area contributed by atoms with Crippen LogP contribution in [0.25, 0.3) is 10.2 Å². The Bertz CT molecular complexity index is 488. The van der Waals surface area contributed by atoms with Gasteiger partial charge >= 0.3 is 0 Å². The number of aromatic nitrogens is 1. The quantitative estimate of drug-likeness (QED) is 0.869. The Morgan fingerprint density at radius 1 is 1.47 bits per heavy atom. The minimum atomic E-state index is 0.626. The molecule has 1 aliphatic heterocycles. The molecule has 1 N–H and O–H groups in total. The van der Waals surface area contributed by atoms with Gasteiger partial charge < -0.3 is 5.32 Å². The topological polar surface area (TPSA) is 24.9 Å². The van der Waals surface area contributed by atoms with Gasteiger partial charge in [0.2, 0.25) is 0 Å². The third-order valence-corrected chi connectivity index (χ3v) is 4.47. The molecule has 0 bridgehead atoms. The van der Waals surface area contributed by atoms with E-state index in [1.165, 1.54) is 16.1 Å². The molecule has 0 amide bonds. The first-order valence-corrected chi connectivity index (χ1v) is 6.70. The predicted octanol–water partition coefficient (Wildman–Crippen LogP) is 3.14. The average molecular weight is 283 g/mol. The van der Waals surface area contributed by atoms with Crippen molar-refractivity contribution in [1.29, 1.82) is 0 Å². The highest BCUT2D eigenvalue weighted by Crippen LogP contribution is 2.31. The molecule has 1 aromatic heterocycles. The van der Waals surface area contributed by atoms with Crippen molar-refractivity contribution >= 4 is 37.5 Å². The van der Waals surface area contributed by atoms with Crippen molar-refractivity contribution in [2.75, 3.05) is 13.1 Å². The first kappa shape index (κ1) is 9.75. The maximum Gasteiger partial charge on any atom is 0.0982 e. The van der Waals surface area contributed by atoms with Crippen LogP contribution in [-0.2, 0) is 0 Å². The summed E-state index contributed by atoms with van der Waals surface area (Å²) in [5.74, 6) is 0.626. The second-order valence-corrected chi connectivity index (χ2v) is 5.83. The fraction of sp³-hybridized carbons (Fsp3) is 0.364. The van der Waals surface area contributed by atoms with Gasteiger partial charge in [0.15, 0.2) is 0 Å². The first-order valence-electron chi connectivity index (χ1n) is 5.09. The molecule has 1 aromatic carbocycles. The lowest BCUT2D eigenvalue weighted by molar-refractivity contribution is 0.758. The van der Waals surface area contributed by atoms with E-state index in [1.54, 1.807) is 0 Å². The van der Waals surface area contributed by atoms with Crippen LogP contribution in [0.5, 0.6) is 0 Å². The molecule has 0 aliphatic carbocycles. The van der Waals surface area contributed by atoms with Gasteiger partial charge in [-0.05, 0) is 31.2 Å². The van der Waals surface area contributed by atoms with Crippen molar-refractivity contribution in [3.8, 4) is 0 Å². The fourth-order valence-corrected chi connectivity index (χ4v) is 3.39. The van der Waals surface area contributed by atoms with Gasteiger partial charge in [-0.3, -0.25) is 0 Å². The van der Waals surface area contributed by atoms with E-state index in [2.05, 4.69) is 39.4 Å². The summed E-state index contributed by atoms with van der Waals surface area (Å²) in [6.07, 6.45) is 1.22. The highest BCUT2D eigenvalue weighted by Gasteiger charge is 2.20. The smallest absolute Gasteiger partial charge is 0.0982 e. The normalized spacial score (nSPS) is 21.3. The summed E-state index contributed by atoms with van der Waals surface area (Å²) in [6.45, 7) is 2.21. The fourth-order valence-electron chi connectivity index (χ4n) is 1.96. The largest absolute Gasteiger partial charge is 0.316 e. The minimum absolute atomic E-state index is 0.626. The zero-order valence-electron chi connectivity index (χ0n) is 8.16. The van der Waals surface area contributed by atoms with Gasteiger partial charge in [-0.15, -0.1) is 11.3 Å². The number of hydrogen-bond donors (Lipinski definition) is 1.